The maximum absolute atomic E-state index is 11.2. The molecule has 14 heavy (non-hydrogen) atoms. The van der Waals surface area contributed by atoms with E-state index >= 15 is 0 Å². The van der Waals surface area contributed by atoms with Crippen molar-refractivity contribution in [2.24, 2.45) is 0 Å². The summed E-state index contributed by atoms with van der Waals surface area (Å²) in [6.45, 7) is 2.19. The number of amides is 1. The normalized spacial score (nSPS) is 12.1. The van der Waals surface area contributed by atoms with Crippen LogP contribution in [0.1, 0.15) is 26.2 Å². The molecule has 0 aliphatic carbocycles. The molecule has 0 saturated carbocycles. The highest BCUT2D eigenvalue weighted by atomic mass is 16.5. The second-order valence-electron chi connectivity index (χ2n) is 3.01. The van der Waals surface area contributed by atoms with Gasteiger partial charge in [-0.3, -0.25) is 9.59 Å². The molecule has 2 N–H and O–H groups in total. The number of rotatable bonds is 7. The molecule has 0 aliphatic rings. The molecule has 0 saturated heterocycles. The average molecular weight is 203 g/mol. The fourth-order valence-electron chi connectivity index (χ4n) is 1.00. The largest absolute Gasteiger partial charge is 0.481 e. The molecule has 0 radical (unpaired) electrons. The van der Waals surface area contributed by atoms with Crippen molar-refractivity contribution in [1.29, 1.82) is 0 Å². The highest BCUT2D eigenvalue weighted by molar-refractivity contribution is 5.77. The molecule has 0 rings (SSSR count). The van der Waals surface area contributed by atoms with Gasteiger partial charge in [-0.2, -0.15) is 0 Å². The van der Waals surface area contributed by atoms with E-state index in [4.69, 9.17) is 9.84 Å². The summed E-state index contributed by atoms with van der Waals surface area (Å²) in [6, 6.07) is -0.281. The molecule has 1 amide bonds. The van der Waals surface area contributed by atoms with E-state index in [2.05, 4.69) is 5.32 Å². The second-order valence-corrected chi connectivity index (χ2v) is 3.01. The number of carboxylic acids is 1. The van der Waals surface area contributed by atoms with E-state index in [1.165, 1.54) is 7.11 Å². The summed E-state index contributed by atoms with van der Waals surface area (Å²) in [7, 11) is 1.52. The van der Waals surface area contributed by atoms with Crippen molar-refractivity contribution in [2.45, 2.75) is 32.2 Å². The van der Waals surface area contributed by atoms with Gasteiger partial charge >= 0.3 is 5.97 Å². The zero-order valence-electron chi connectivity index (χ0n) is 8.58. The maximum atomic E-state index is 11.2. The second kappa shape index (κ2) is 7.32. The molecule has 0 bridgehead atoms. The van der Waals surface area contributed by atoms with E-state index in [-0.39, 0.29) is 24.8 Å². The topological polar surface area (TPSA) is 75.6 Å². The van der Waals surface area contributed by atoms with E-state index in [1.807, 2.05) is 6.92 Å². The molecule has 0 aliphatic heterocycles. The minimum atomic E-state index is -0.899. The average Bonchev–Trinajstić information content (AvgIpc) is 2.12. The van der Waals surface area contributed by atoms with E-state index in [1.54, 1.807) is 0 Å². The quantitative estimate of drug-likeness (QED) is 0.627. The summed E-state index contributed by atoms with van der Waals surface area (Å²) in [5.41, 5.74) is 0. The number of hydrogen-bond acceptors (Lipinski definition) is 3. The van der Waals surface area contributed by atoms with Gasteiger partial charge in [0.05, 0.1) is 13.0 Å². The SMILES string of the molecule is CCC(CC(=O)O)NC(=O)CCOC. The summed E-state index contributed by atoms with van der Waals surface area (Å²) in [5.74, 6) is -1.07. The van der Waals surface area contributed by atoms with E-state index in [0.29, 0.717) is 13.0 Å². The lowest BCUT2D eigenvalue weighted by atomic mass is 10.1. The minimum Gasteiger partial charge on any atom is -0.481 e. The lowest BCUT2D eigenvalue weighted by molar-refractivity contribution is -0.137. The van der Waals surface area contributed by atoms with Crippen molar-refractivity contribution in [3.05, 3.63) is 0 Å². The van der Waals surface area contributed by atoms with Gasteiger partial charge in [0.2, 0.25) is 5.91 Å². The number of hydrogen-bond donors (Lipinski definition) is 2. The van der Waals surface area contributed by atoms with Crippen molar-refractivity contribution in [3.8, 4) is 0 Å². The van der Waals surface area contributed by atoms with Crippen LogP contribution in [0.2, 0.25) is 0 Å². The Balaban J connectivity index is 3.80. The number of methoxy groups -OCH3 is 1. The van der Waals surface area contributed by atoms with Crippen LogP contribution in [0.5, 0.6) is 0 Å². The Hall–Kier alpha value is -1.10. The van der Waals surface area contributed by atoms with Gasteiger partial charge in [0, 0.05) is 19.6 Å². The number of ether oxygens (including phenoxy) is 1. The van der Waals surface area contributed by atoms with Gasteiger partial charge in [0.1, 0.15) is 0 Å². The first-order chi connectivity index (χ1) is 6.60. The van der Waals surface area contributed by atoms with Crippen molar-refractivity contribution < 1.29 is 19.4 Å². The molecule has 0 fully saturated rings. The van der Waals surface area contributed by atoms with Gasteiger partial charge in [0.25, 0.3) is 0 Å². The van der Waals surface area contributed by atoms with Crippen LogP contribution in [-0.2, 0) is 14.3 Å². The molecule has 1 atom stereocenters. The summed E-state index contributed by atoms with van der Waals surface area (Å²) >= 11 is 0. The zero-order valence-corrected chi connectivity index (χ0v) is 8.58. The fraction of sp³-hybridized carbons (Fsp3) is 0.778. The number of carbonyl (C=O) groups excluding carboxylic acids is 1. The van der Waals surface area contributed by atoms with Crippen LogP contribution < -0.4 is 5.32 Å². The Morgan fingerprint density at radius 1 is 1.50 bits per heavy atom. The summed E-state index contributed by atoms with van der Waals surface area (Å²) in [5, 5.41) is 11.2. The number of carbonyl (C=O) groups is 2. The molecular formula is C9H17NO4. The summed E-state index contributed by atoms with van der Waals surface area (Å²) < 4.78 is 4.73. The van der Waals surface area contributed by atoms with Gasteiger partial charge in [0.15, 0.2) is 0 Å². The van der Waals surface area contributed by atoms with Crippen LogP contribution in [0, 0.1) is 0 Å². The van der Waals surface area contributed by atoms with Gasteiger partial charge in [-0.15, -0.1) is 0 Å². The van der Waals surface area contributed by atoms with Gasteiger partial charge in [-0.1, -0.05) is 6.92 Å². The third-order valence-corrected chi connectivity index (χ3v) is 1.81. The maximum Gasteiger partial charge on any atom is 0.305 e. The van der Waals surface area contributed by atoms with Crippen molar-refractivity contribution >= 4 is 11.9 Å². The first-order valence-electron chi connectivity index (χ1n) is 4.60. The molecule has 5 heteroatoms. The molecule has 0 heterocycles. The highest BCUT2D eigenvalue weighted by Gasteiger charge is 2.13. The van der Waals surface area contributed by atoms with Gasteiger partial charge < -0.3 is 15.2 Å². The lowest BCUT2D eigenvalue weighted by Crippen LogP contribution is -2.36. The standard InChI is InChI=1S/C9H17NO4/c1-3-7(6-9(12)13)10-8(11)4-5-14-2/h7H,3-6H2,1-2H3,(H,10,11)(H,12,13). The van der Waals surface area contributed by atoms with Crippen molar-refractivity contribution in [2.75, 3.05) is 13.7 Å². The van der Waals surface area contributed by atoms with Gasteiger partial charge in [-0.25, -0.2) is 0 Å². The first kappa shape index (κ1) is 12.9. The Bertz CT molecular complexity index is 193. The smallest absolute Gasteiger partial charge is 0.305 e. The first-order valence-corrected chi connectivity index (χ1v) is 4.60. The third kappa shape index (κ3) is 6.42. The van der Waals surface area contributed by atoms with Crippen LogP contribution in [0.25, 0.3) is 0 Å². The number of aliphatic carboxylic acids is 1. The van der Waals surface area contributed by atoms with Crippen LogP contribution >= 0.6 is 0 Å². The van der Waals surface area contributed by atoms with E-state index in [9.17, 15) is 9.59 Å². The highest BCUT2D eigenvalue weighted by Crippen LogP contribution is 1.98. The van der Waals surface area contributed by atoms with Crippen molar-refractivity contribution in [3.63, 3.8) is 0 Å². The molecule has 1 unspecified atom stereocenters. The molecule has 0 aromatic rings. The predicted molar refractivity (Wildman–Crippen MR) is 51.0 cm³/mol. The number of nitrogens with one attached hydrogen (secondary N) is 1. The molecule has 0 aromatic heterocycles. The zero-order chi connectivity index (χ0) is 11.0. The Morgan fingerprint density at radius 2 is 2.14 bits per heavy atom. The summed E-state index contributed by atoms with van der Waals surface area (Å²) in [6.07, 6.45) is 0.854. The molecule has 5 nitrogen and oxygen atoms in total. The molecule has 0 aromatic carbocycles. The predicted octanol–water partition coefficient (Wildman–Crippen LogP) is 0.392. The molecule has 0 spiro atoms. The lowest BCUT2D eigenvalue weighted by Gasteiger charge is -2.14. The van der Waals surface area contributed by atoms with Gasteiger partial charge in [-0.05, 0) is 6.42 Å². The van der Waals surface area contributed by atoms with Crippen molar-refractivity contribution in [1.82, 2.24) is 5.32 Å². The van der Waals surface area contributed by atoms with Crippen LogP contribution in [0.4, 0.5) is 0 Å². The Kier molecular flexibility index (Phi) is 6.74. The van der Waals surface area contributed by atoms with E-state index < -0.39 is 5.97 Å². The summed E-state index contributed by atoms with van der Waals surface area (Å²) in [4.78, 5) is 21.6. The molecular weight excluding hydrogens is 186 g/mol. The van der Waals surface area contributed by atoms with Crippen LogP contribution in [0.15, 0.2) is 0 Å². The molecule has 82 valence electrons. The Labute approximate surface area is 83.4 Å². The monoisotopic (exact) mass is 203 g/mol. The third-order valence-electron chi connectivity index (χ3n) is 1.81. The van der Waals surface area contributed by atoms with Crippen LogP contribution in [0.3, 0.4) is 0 Å². The Morgan fingerprint density at radius 3 is 2.57 bits per heavy atom. The van der Waals surface area contributed by atoms with Crippen LogP contribution in [-0.4, -0.2) is 36.7 Å². The fourth-order valence-corrected chi connectivity index (χ4v) is 1.00. The minimum absolute atomic E-state index is 0.0325. The number of carboxylic acid groups (broad SMARTS) is 1. The van der Waals surface area contributed by atoms with E-state index in [0.717, 1.165) is 0 Å².